The minimum absolute atomic E-state index is 0.0566. The van der Waals surface area contributed by atoms with E-state index in [4.69, 9.17) is 0 Å². The molecule has 0 aliphatic carbocycles. The van der Waals surface area contributed by atoms with Crippen LogP contribution in [0.15, 0.2) is 51.8 Å². The molecule has 0 aliphatic rings. The second-order valence-corrected chi connectivity index (χ2v) is 8.88. The maximum Gasteiger partial charge on any atom is 0.242 e. The van der Waals surface area contributed by atoms with Gasteiger partial charge in [-0.05, 0) is 54.8 Å². The van der Waals surface area contributed by atoms with Gasteiger partial charge in [-0.2, -0.15) is 4.72 Å². The fraction of sp³-hybridized carbons (Fsp3) is 0.278. The maximum absolute atomic E-state index is 13.4. The molecule has 0 spiro atoms. The fourth-order valence-corrected chi connectivity index (χ4v) is 3.89. The van der Waals surface area contributed by atoms with Crippen LogP contribution in [0.25, 0.3) is 0 Å². The van der Waals surface area contributed by atoms with Gasteiger partial charge in [-0.15, -0.1) is 0 Å². The minimum Gasteiger partial charge on any atom is -0.324 e. The van der Waals surface area contributed by atoms with Gasteiger partial charge in [-0.25, -0.2) is 12.8 Å². The Morgan fingerprint density at radius 3 is 2.31 bits per heavy atom. The van der Waals surface area contributed by atoms with Gasteiger partial charge in [0.05, 0.1) is 4.90 Å². The van der Waals surface area contributed by atoms with E-state index in [1.54, 1.807) is 39.0 Å². The van der Waals surface area contributed by atoms with Gasteiger partial charge in [-0.3, -0.25) is 4.79 Å². The molecule has 2 rings (SSSR count). The summed E-state index contributed by atoms with van der Waals surface area (Å²) in [5.74, 6) is -1.34. The summed E-state index contributed by atoms with van der Waals surface area (Å²) in [5.41, 5.74) is 0.988. The van der Waals surface area contributed by atoms with E-state index in [2.05, 4.69) is 26.0 Å². The van der Waals surface area contributed by atoms with Crippen molar-refractivity contribution in [2.45, 2.75) is 31.7 Å². The van der Waals surface area contributed by atoms with Crippen LogP contribution in [0.1, 0.15) is 19.4 Å². The zero-order chi connectivity index (χ0) is 19.5. The average molecular weight is 443 g/mol. The van der Waals surface area contributed by atoms with Crippen LogP contribution in [0.3, 0.4) is 0 Å². The van der Waals surface area contributed by atoms with E-state index in [0.717, 1.165) is 4.47 Å². The Hall–Kier alpha value is -1.77. The molecule has 0 aromatic heterocycles. The molecule has 2 aromatic carbocycles. The molecule has 0 bridgehead atoms. The maximum atomic E-state index is 13.4. The molecule has 0 saturated carbocycles. The highest BCUT2D eigenvalue weighted by Gasteiger charge is 2.28. The first-order valence-corrected chi connectivity index (χ1v) is 10.2. The zero-order valence-corrected chi connectivity index (χ0v) is 17.0. The monoisotopic (exact) mass is 442 g/mol. The number of carbonyl (C=O) groups excluding carboxylic acids is 1. The molecule has 2 N–H and O–H groups in total. The van der Waals surface area contributed by atoms with E-state index in [-0.39, 0.29) is 10.8 Å². The topological polar surface area (TPSA) is 75.3 Å². The lowest BCUT2D eigenvalue weighted by atomic mass is 10.0. The molecule has 1 atom stereocenters. The number of benzene rings is 2. The van der Waals surface area contributed by atoms with Gasteiger partial charge >= 0.3 is 0 Å². The summed E-state index contributed by atoms with van der Waals surface area (Å²) in [4.78, 5) is 12.7. The summed E-state index contributed by atoms with van der Waals surface area (Å²) in [6.45, 7) is 5.19. The van der Waals surface area contributed by atoms with Crippen molar-refractivity contribution in [3.05, 3.63) is 58.3 Å². The van der Waals surface area contributed by atoms with Crippen LogP contribution < -0.4 is 10.0 Å². The molecule has 26 heavy (non-hydrogen) atoms. The second kappa shape index (κ2) is 8.28. The van der Waals surface area contributed by atoms with Crippen LogP contribution in [0, 0.1) is 18.7 Å². The van der Waals surface area contributed by atoms with E-state index < -0.39 is 27.8 Å². The molecule has 1 amide bonds. The SMILES string of the molecule is Cc1ccc(F)cc1NC(=O)[C@@H](NS(=O)(=O)c1ccc(Br)cc1)C(C)C. The highest BCUT2D eigenvalue weighted by Crippen LogP contribution is 2.19. The summed E-state index contributed by atoms with van der Waals surface area (Å²) in [6, 6.07) is 9.13. The Bertz CT molecular complexity index is 899. The third kappa shape index (κ3) is 5.12. The van der Waals surface area contributed by atoms with E-state index in [1.807, 2.05) is 0 Å². The van der Waals surface area contributed by atoms with Crippen LogP contribution in [0.4, 0.5) is 10.1 Å². The molecule has 0 heterocycles. The number of sulfonamides is 1. The summed E-state index contributed by atoms with van der Waals surface area (Å²) in [5, 5.41) is 2.60. The standard InChI is InChI=1S/C18H20BrFN2O3S/c1-11(2)17(18(23)21-16-10-14(20)7-4-12(16)3)22-26(24,25)15-8-5-13(19)6-9-15/h4-11,17,22H,1-3H3,(H,21,23)/t17-/m0/s1. The van der Waals surface area contributed by atoms with Crippen LogP contribution in [0.2, 0.25) is 0 Å². The van der Waals surface area contributed by atoms with Gasteiger partial charge in [0.15, 0.2) is 0 Å². The van der Waals surface area contributed by atoms with Gasteiger partial charge < -0.3 is 5.32 Å². The van der Waals surface area contributed by atoms with Gasteiger partial charge in [0.25, 0.3) is 0 Å². The predicted molar refractivity (Wildman–Crippen MR) is 103 cm³/mol. The second-order valence-electron chi connectivity index (χ2n) is 6.25. The number of amides is 1. The van der Waals surface area contributed by atoms with Crippen LogP contribution >= 0.6 is 15.9 Å². The van der Waals surface area contributed by atoms with E-state index >= 15 is 0 Å². The van der Waals surface area contributed by atoms with Crippen molar-refractivity contribution in [3.8, 4) is 0 Å². The smallest absolute Gasteiger partial charge is 0.242 e. The molecule has 0 radical (unpaired) electrons. The molecule has 0 fully saturated rings. The van der Waals surface area contributed by atoms with Crippen LogP contribution in [-0.4, -0.2) is 20.4 Å². The molecule has 0 saturated heterocycles. The van der Waals surface area contributed by atoms with E-state index in [0.29, 0.717) is 11.3 Å². The molecule has 8 heteroatoms. The summed E-state index contributed by atoms with van der Waals surface area (Å²) < 4.78 is 41.7. The number of nitrogens with one attached hydrogen (secondary N) is 2. The van der Waals surface area contributed by atoms with Crippen molar-refractivity contribution in [1.29, 1.82) is 0 Å². The van der Waals surface area contributed by atoms with Crippen molar-refractivity contribution in [2.24, 2.45) is 5.92 Å². The van der Waals surface area contributed by atoms with Gasteiger partial charge in [0.2, 0.25) is 15.9 Å². The predicted octanol–water partition coefficient (Wildman–Crippen LogP) is 3.84. The number of hydrogen-bond donors (Lipinski definition) is 2. The minimum atomic E-state index is -3.88. The van der Waals surface area contributed by atoms with Crippen molar-refractivity contribution < 1.29 is 17.6 Å². The first-order chi connectivity index (χ1) is 12.1. The molecular formula is C18H20BrFN2O3S. The van der Waals surface area contributed by atoms with Crippen molar-refractivity contribution in [1.82, 2.24) is 4.72 Å². The highest BCUT2D eigenvalue weighted by molar-refractivity contribution is 9.10. The molecule has 0 unspecified atom stereocenters. The Balaban J connectivity index is 2.24. The van der Waals surface area contributed by atoms with Gasteiger partial charge in [0.1, 0.15) is 11.9 Å². The number of carbonyl (C=O) groups is 1. The third-order valence-corrected chi connectivity index (χ3v) is 5.80. The Kier molecular flexibility index (Phi) is 6.54. The van der Waals surface area contributed by atoms with Crippen molar-refractivity contribution >= 4 is 37.5 Å². The fourth-order valence-electron chi connectivity index (χ4n) is 2.28. The number of anilines is 1. The molecule has 140 valence electrons. The van der Waals surface area contributed by atoms with Gasteiger partial charge in [0, 0.05) is 10.2 Å². The molecule has 5 nitrogen and oxygen atoms in total. The Morgan fingerprint density at radius 2 is 1.73 bits per heavy atom. The molecule has 2 aromatic rings. The van der Waals surface area contributed by atoms with E-state index in [9.17, 15) is 17.6 Å². The average Bonchev–Trinajstić information content (AvgIpc) is 2.56. The van der Waals surface area contributed by atoms with Crippen LogP contribution in [-0.2, 0) is 14.8 Å². The Morgan fingerprint density at radius 1 is 1.12 bits per heavy atom. The normalized spacial score (nSPS) is 12.8. The number of aryl methyl sites for hydroxylation is 1. The number of hydrogen-bond acceptors (Lipinski definition) is 3. The summed E-state index contributed by atoms with van der Waals surface area (Å²) >= 11 is 3.25. The van der Waals surface area contributed by atoms with Crippen molar-refractivity contribution in [3.63, 3.8) is 0 Å². The van der Waals surface area contributed by atoms with E-state index in [1.165, 1.54) is 24.3 Å². The lowest BCUT2D eigenvalue weighted by molar-refractivity contribution is -0.118. The lowest BCUT2D eigenvalue weighted by Crippen LogP contribution is -2.47. The van der Waals surface area contributed by atoms with Crippen LogP contribution in [0.5, 0.6) is 0 Å². The van der Waals surface area contributed by atoms with Crippen molar-refractivity contribution in [2.75, 3.05) is 5.32 Å². The zero-order valence-electron chi connectivity index (χ0n) is 14.6. The quantitative estimate of drug-likeness (QED) is 0.713. The molecule has 0 aliphatic heterocycles. The number of halogens is 2. The lowest BCUT2D eigenvalue weighted by Gasteiger charge is -2.22. The number of rotatable bonds is 6. The largest absolute Gasteiger partial charge is 0.324 e. The summed E-state index contributed by atoms with van der Waals surface area (Å²) in [7, 11) is -3.88. The first-order valence-electron chi connectivity index (χ1n) is 7.95. The third-order valence-electron chi connectivity index (χ3n) is 3.81. The Labute approximate surface area is 161 Å². The summed E-state index contributed by atoms with van der Waals surface area (Å²) in [6.07, 6.45) is 0. The molecular weight excluding hydrogens is 423 g/mol. The first kappa shape index (κ1) is 20.5. The van der Waals surface area contributed by atoms with Gasteiger partial charge in [-0.1, -0.05) is 35.8 Å². The highest BCUT2D eigenvalue weighted by atomic mass is 79.9.